The number of carbonyl (C=O) groups is 3. The number of aliphatic hydroxyl groups excluding tert-OH is 4. The summed E-state index contributed by atoms with van der Waals surface area (Å²) in [6.45, 7) is 4.65. The molecule has 2 fully saturated rings. The summed E-state index contributed by atoms with van der Waals surface area (Å²) in [6, 6.07) is 5.97. The number of H-pyrrole nitrogens is 1. The van der Waals surface area contributed by atoms with Crippen LogP contribution in [0.4, 0.5) is 0 Å². The third kappa shape index (κ3) is 8.84. The summed E-state index contributed by atoms with van der Waals surface area (Å²) in [6.07, 6.45) is 17.7. The predicted molar refractivity (Wildman–Crippen MR) is 289 cm³/mol. The normalized spacial score (nSPS) is 32.0. The molecule has 1 saturated carbocycles. The third-order valence-corrected chi connectivity index (χ3v) is 18.9. The molecule has 16 nitrogen and oxygen atoms in total. The first kappa shape index (κ1) is 54.5. The Kier molecular flexibility index (Phi) is 15.3. The van der Waals surface area contributed by atoms with Crippen LogP contribution in [0.5, 0.6) is 17.2 Å². The first-order valence-electron chi connectivity index (χ1n) is 28.5. The van der Waals surface area contributed by atoms with E-state index in [0.29, 0.717) is 68.4 Å². The molecule has 0 amide bonds. The molecule has 0 unspecified atom stereocenters. The summed E-state index contributed by atoms with van der Waals surface area (Å²) in [5.41, 5.74) is -0.0861. The summed E-state index contributed by atoms with van der Waals surface area (Å²) in [5, 5.41) is 74.1. The van der Waals surface area contributed by atoms with Gasteiger partial charge >= 0.3 is 5.97 Å². The molecule has 5 heterocycles. The number of Topliss-reactive ketones (excluding diaryl/α,β-unsaturated/α-hetero) is 1. The van der Waals surface area contributed by atoms with Crippen LogP contribution in [0.3, 0.4) is 0 Å². The number of nitrogens with one attached hydrogen (secondary N) is 1. The number of aryl methyl sites for hydroxylation is 1. The van der Waals surface area contributed by atoms with Crippen molar-refractivity contribution in [2.75, 3.05) is 66.4 Å². The van der Waals surface area contributed by atoms with Crippen LogP contribution in [0, 0.1) is 41.4 Å². The lowest BCUT2D eigenvalue weighted by molar-refractivity contribution is -0.206. The number of aldehydes is 1. The predicted octanol–water partition coefficient (Wildman–Crippen LogP) is 6.12. The Hall–Kier alpha value is -5.43. The molecule has 16 heteroatoms. The van der Waals surface area contributed by atoms with Crippen LogP contribution in [0.2, 0.25) is 0 Å². The third-order valence-electron chi connectivity index (χ3n) is 18.9. The fourth-order valence-electron chi connectivity index (χ4n) is 15.1. The fraction of sp³-hybridized carbons (Fsp3) is 0.565. The number of unbranched alkanes of at least 4 members (excludes halogenated alkanes) is 2. The summed E-state index contributed by atoms with van der Waals surface area (Å²) in [7, 11) is 1.69. The fourth-order valence-corrected chi connectivity index (χ4v) is 15.1. The molecule has 78 heavy (non-hydrogen) atoms. The average molecular weight is 1070 g/mol. The number of piperidine rings is 1. The molecule has 1 saturated heterocycles. The lowest BCUT2D eigenvalue weighted by Crippen LogP contribution is -2.72. The second-order valence-corrected chi connectivity index (χ2v) is 23.2. The zero-order chi connectivity index (χ0) is 54.7. The Bertz CT molecular complexity index is 3010. The molecule has 1 spiro atoms. The van der Waals surface area contributed by atoms with E-state index in [2.05, 4.69) is 22.9 Å². The van der Waals surface area contributed by atoms with Gasteiger partial charge in [-0.15, -0.1) is 0 Å². The number of aromatic amines is 1. The molecule has 418 valence electrons. The number of benzene rings is 2. The van der Waals surface area contributed by atoms with Gasteiger partial charge in [-0.2, -0.15) is 0 Å². The average Bonchev–Trinajstić information content (AvgIpc) is 3.23. The Morgan fingerprint density at radius 1 is 0.987 bits per heavy atom. The molecule has 8 aliphatic rings. The number of carbonyl (C=O) groups excluding carboxylic acids is 3. The number of aliphatic hydroxyl groups is 6. The number of hydrogen-bond donors (Lipinski definition) is 7. The Morgan fingerprint density at radius 3 is 2.58 bits per heavy atom. The standard InChI is InChI=1S/C62H76N2O14/c1-4-6-7-15-60(72)16-11-38(30-66)42-12-17-61(62(73)48-14-20-64(19-8-21-74-3)28-40(48)25-49(60)53(42)62)27-45-55(78-61)47(33-69)57-52-51(46(32-68)58(77-57)59(71)75-5-2)39-22-41(31-67)54(70)44(24-39)43-23-37-13-18-63-50(37)26-36(43)10-9-35(29-65)34-76-56(45)52/h11-13,16-18,23,25-26,32,35,38,40-42,44,48,53,63,65-67,69,72-73H,4-10,14-15,19-22,24,27-31,33-34H2,1-3H3/t35-,38+,40+,41+,42+,44+,48-,53-,60+,61-,62-/m0/s1. The SMILES string of the molecule is CCCCC[C@@]1(O)C=C[C@H](CO)[C@H]2C=C[C@]3(Cc4c(c(CO)c5c6c4OC[C@H](CO)CCc4cc7[nH]ccc7cc4[C@H]4CC(=C6C(C=O)=C(C(=O)OCC)O5)C[C@H](CO)C4=O)O3)[C@@]3(O)[C@@H]2C1=C[C@@H]1CN(CCCOC)CC[C@@H]13. The van der Waals surface area contributed by atoms with Gasteiger partial charge in [-0.25, -0.2) is 4.79 Å². The van der Waals surface area contributed by atoms with E-state index in [0.717, 1.165) is 54.3 Å². The number of methoxy groups -OCH3 is 1. The number of aromatic nitrogens is 1. The zero-order valence-corrected chi connectivity index (χ0v) is 45.1. The number of nitrogens with zero attached hydrogens (tertiary/aromatic N) is 1. The van der Waals surface area contributed by atoms with Crippen molar-refractivity contribution < 1.29 is 68.7 Å². The molecule has 7 N–H and O–H groups in total. The number of hydrogen-bond acceptors (Lipinski definition) is 15. The van der Waals surface area contributed by atoms with Gasteiger partial charge < -0.3 is 64.2 Å². The lowest BCUT2D eigenvalue weighted by atomic mass is 9.48. The van der Waals surface area contributed by atoms with Crippen molar-refractivity contribution in [2.24, 2.45) is 41.4 Å². The highest BCUT2D eigenvalue weighted by Gasteiger charge is 2.71. The van der Waals surface area contributed by atoms with Crippen LogP contribution in [0.1, 0.15) is 105 Å². The van der Waals surface area contributed by atoms with Crippen molar-refractivity contribution in [1.82, 2.24) is 9.88 Å². The van der Waals surface area contributed by atoms with E-state index >= 15 is 0 Å². The number of rotatable bonds is 15. The van der Waals surface area contributed by atoms with Gasteiger partial charge in [-0.1, -0.05) is 49.6 Å². The van der Waals surface area contributed by atoms with Gasteiger partial charge in [-0.3, -0.25) is 9.59 Å². The van der Waals surface area contributed by atoms with Crippen LogP contribution in [0.15, 0.2) is 77.3 Å². The van der Waals surface area contributed by atoms with Gasteiger partial charge in [0.05, 0.1) is 43.1 Å². The molecule has 2 aromatic carbocycles. The molecular weight excluding hydrogens is 997 g/mol. The number of likely N-dealkylation sites (tertiary alicyclic amines) is 1. The van der Waals surface area contributed by atoms with Crippen molar-refractivity contribution in [3.63, 3.8) is 0 Å². The molecule has 3 aromatic rings. The monoisotopic (exact) mass is 1070 g/mol. The van der Waals surface area contributed by atoms with E-state index in [4.69, 9.17) is 23.7 Å². The van der Waals surface area contributed by atoms with E-state index < -0.39 is 83.2 Å². The van der Waals surface area contributed by atoms with E-state index in [-0.39, 0.29) is 96.9 Å². The van der Waals surface area contributed by atoms with Gasteiger partial charge in [0.15, 0.2) is 11.9 Å². The number of ketones is 1. The minimum Gasteiger partial charge on any atom is -0.492 e. The molecule has 2 bridgehead atoms. The molecule has 11 rings (SSSR count). The van der Waals surface area contributed by atoms with Gasteiger partial charge in [0.25, 0.3) is 0 Å². The number of allylic oxidation sites excluding steroid dienone is 4. The van der Waals surface area contributed by atoms with E-state index in [9.17, 15) is 45.0 Å². The molecule has 11 atom stereocenters. The van der Waals surface area contributed by atoms with E-state index in [1.807, 2.05) is 48.7 Å². The van der Waals surface area contributed by atoms with Crippen LogP contribution in [-0.4, -0.2) is 142 Å². The quantitative estimate of drug-likeness (QED) is 0.0393. The highest BCUT2D eigenvalue weighted by molar-refractivity contribution is 6.11. The minimum absolute atomic E-state index is 0.0110. The van der Waals surface area contributed by atoms with E-state index in [1.54, 1.807) is 14.0 Å². The largest absolute Gasteiger partial charge is 0.492 e. The zero-order valence-electron chi connectivity index (χ0n) is 45.1. The maximum atomic E-state index is 14.8. The molecule has 4 aliphatic carbocycles. The highest BCUT2D eigenvalue weighted by atomic mass is 16.6. The molecule has 0 radical (unpaired) electrons. The maximum absolute atomic E-state index is 14.8. The first-order valence-corrected chi connectivity index (χ1v) is 28.5. The second kappa shape index (κ2) is 21.9. The van der Waals surface area contributed by atoms with Crippen LogP contribution in [0.25, 0.3) is 16.5 Å². The number of ether oxygens (including phenoxy) is 5. The highest BCUT2D eigenvalue weighted by Crippen LogP contribution is 2.66. The van der Waals surface area contributed by atoms with E-state index in [1.165, 1.54) is 0 Å². The van der Waals surface area contributed by atoms with Crippen LogP contribution >= 0.6 is 0 Å². The van der Waals surface area contributed by atoms with Gasteiger partial charge in [-0.05, 0) is 123 Å². The van der Waals surface area contributed by atoms with Crippen molar-refractivity contribution >= 4 is 34.5 Å². The molecule has 1 aromatic heterocycles. The van der Waals surface area contributed by atoms with Gasteiger partial charge in [0, 0.05) is 105 Å². The lowest BCUT2D eigenvalue weighted by Gasteiger charge is -2.62. The topological polar surface area (TPSA) is 238 Å². The Balaban J connectivity index is 1.15. The minimum atomic E-state index is -1.76. The van der Waals surface area contributed by atoms with Crippen molar-refractivity contribution in [3.05, 3.63) is 105 Å². The Labute approximate surface area is 455 Å². The molecular formula is C62H76N2O14. The summed E-state index contributed by atoms with van der Waals surface area (Å²) >= 11 is 0. The van der Waals surface area contributed by atoms with Crippen LogP contribution < -0.4 is 14.2 Å². The first-order chi connectivity index (χ1) is 37.8. The summed E-state index contributed by atoms with van der Waals surface area (Å²) in [5.74, 6) is -5.66. The molecule has 4 aliphatic heterocycles. The smallest absolute Gasteiger partial charge is 0.375 e. The van der Waals surface area contributed by atoms with Gasteiger partial charge in [0.2, 0.25) is 5.76 Å². The Morgan fingerprint density at radius 2 is 1.83 bits per heavy atom. The van der Waals surface area contributed by atoms with Crippen molar-refractivity contribution in [2.45, 2.75) is 114 Å². The van der Waals surface area contributed by atoms with Crippen molar-refractivity contribution in [1.29, 1.82) is 0 Å². The van der Waals surface area contributed by atoms with Crippen molar-refractivity contribution in [3.8, 4) is 17.2 Å². The number of fused-ring (bicyclic) bond motifs is 10. The van der Waals surface area contributed by atoms with Gasteiger partial charge in [0.1, 0.15) is 34.2 Å². The summed E-state index contributed by atoms with van der Waals surface area (Å²) in [4.78, 5) is 48.6. The maximum Gasteiger partial charge on any atom is 0.375 e. The summed E-state index contributed by atoms with van der Waals surface area (Å²) < 4.78 is 32.3. The van der Waals surface area contributed by atoms with Crippen LogP contribution in [-0.2, 0) is 43.3 Å². The number of esters is 1. The second-order valence-electron chi connectivity index (χ2n) is 23.2.